The van der Waals surface area contributed by atoms with Gasteiger partial charge in [-0.3, -0.25) is 0 Å². The topological polar surface area (TPSA) is 12.0 Å². The molecule has 0 radical (unpaired) electrons. The van der Waals surface area contributed by atoms with Crippen LogP contribution in [0.1, 0.15) is 29.8 Å². The van der Waals surface area contributed by atoms with Gasteiger partial charge in [-0.05, 0) is 62.5 Å². The molecule has 1 nitrogen and oxygen atoms in total. The van der Waals surface area contributed by atoms with Crippen LogP contribution in [0.3, 0.4) is 0 Å². The molecule has 0 saturated heterocycles. The monoisotopic (exact) mass is 421 g/mol. The molecule has 2 rings (SSSR count). The Bertz CT molecular complexity index is 537. The van der Waals surface area contributed by atoms with Gasteiger partial charge in [0.1, 0.15) is 0 Å². The predicted molar refractivity (Wildman–Crippen MR) is 91.3 cm³/mol. The molecule has 0 aliphatic rings. The van der Waals surface area contributed by atoms with Crippen molar-refractivity contribution in [2.75, 3.05) is 6.54 Å². The van der Waals surface area contributed by atoms with Crippen molar-refractivity contribution >= 4 is 54.8 Å². The number of thiophene rings is 1. The van der Waals surface area contributed by atoms with E-state index in [2.05, 4.69) is 56.2 Å². The quantitative estimate of drug-likeness (QED) is 0.620. The lowest BCUT2D eigenvalue weighted by Crippen LogP contribution is -2.22. The van der Waals surface area contributed by atoms with Gasteiger partial charge in [0.2, 0.25) is 0 Å². The minimum absolute atomic E-state index is 0.140. The molecule has 1 unspecified atom stereocenters. The first-order chi connectivity index (χ1) is 9.13. The molecule has 102 valence electrons. The maximum Gasteiger partial charge on any atom is 0.0843 e. The molecule has 2 aromatic rings. The third-order valence-corrected chi connectivity index (χ3v) is 6.43. The summed E-state index contributed by atoms with van der Waals surface area (Å²) in [6.45, 7) is 3.12. The van der Waals surface area contributed by atoms with Crippen LogP contribution in [0.15, 0.2) is 38.6 Å². The molecule has 0 amide bonds. The van der Waals surface area contributed by atoms with E-state index in [1.165, 1.54) is 4.88 Å². The van der Waals surface area contributed by atoms with Crippen molar-refractivity contribution in [3.8, 4) is 0 Å². The van der Waals surface area contributed by atoms with E-state index < -0.39 is 0 Å². The fourth-order valence-corrected chi connectivity index (χ4v) is 4.30. The van der Waals surface area contributed by atoms with Gasteiger partial charge in [-0.15, -0.1) is 11.3 Å². The highest BCUT2D eigenvalue weighted by Crippen LogP contribution is 2.39. The zero-order valence-electron chi connectivity index (χ0n) is 10.4. The number of hydrogen-bond donors (Lipinski definition) is 1. The Morgan fingerprint density at radius 1 is 1.32 bits per heavy atom. The summed E-state index contributed by atoms with van der Waals surface area (Å²) in [6.07, 6.45) is 1.09. The minimum Gasteiger partial charge on any atom is -0.306 e. The Balaban J connectivity index is 2.38. The molecule has 1 aromatic carbocycles. The number of hydrogen-bond acceptors (Lipinski definition) is 2. The molecule has 5 heteroatoms. The highest BCUT2D eigenvalue weighted by atomic mass is 79.9. The summed E-state index contributed by atoms with van der Waals surface area (Å²) < 4.78 is 2.20. The van der Waals surface area contributed by atoms with Gasteiger partial charge in [0.05, 0.1) is 9.83 Å². The number of nitrogens with one attached hydrogen (secondary N) is 1. The van der Waals surface area contributed by atoms with Gasteiger partial charge in [-0.1, -0.05) is 36.7 Å². The number of halogens is 3. The summed E-state index contributed by atoms with van der Waals surface area (Å²) in [4.78, 5) is 1.25. The van der Waals surface area contributed by atoms with E-state index in [1.807, 2.05) is 18.2 Å². The maximum atomic E-state index is 6.34. The molecule has 0 bridgehead atoms. The second-order valence-electron chi connectivity index (χ2n) is 4.18. The fourth-order valence-electron chi connectivity index (χ4n) is 1.87. The van der Waals surface area contributed by atoms with Crippen LogP contribution in [0.2, 0.25) is 5.02 Å². The third kappa shape index (κ3) is 3.82. The first-order valence-electron chi connectivity index (χ1n) is 6.06. The van der Waals surface area contributed by atoms with Crippen molar-refractivity contribution in [2.45, 2.75) is 19.4 Å². The third-order valence-electron chi connectivity index (χ3n) is 2.76. The summed E-state index contributed by atoms with van der Waals surface area (Å²) in [7, 11) is 0. The minimum atomic E-state index is 0.140. The van der Waals surface area contributed by atoms with Crippen molar-refractivity contribution in [1.82, 2.24) is 5.32 Å². The maximum absolute atomic E-state index is 6.34. The molecule has 0 aliphatic heterocycles. The van der Waals surface area contributed by atoms with Gasteiger partial charge in [-0.2, -0.15) is 0 Å². The fraction of sp³-hybridized carbons (Fsp3) is 0.286. The molecule has 0 saturated carbocycles. The van der Waals surface area contributed by atoms with E-state index >= 15 is 0 Å². The Morgan fingerprint density at radius 3 is 2.63 bits per heavy atom. The van der Waals surface area contributed by atoms with Crippen LogP contribution in [0.25, 0.3) is 0 Å². The molecule has 0 spiro atoms. The van der Waals surface area contributed by atoms with Crippen LogP contribution < -0.4 is 5.32 Å². The van der Waals surface area contributed by atoms with Crippen molar-refractivity contribution in [2.24, 2.45) is 0 Å². The van der Waals surface area contributed by atoms with E-state index in [1.54, 1.807) is 11.3 Å². The van der Waals surface area contributed by atoms with Gasteiger partial charge >= 0.3 is 0 Å². The van der Waals surface area contributed by atoms with E-state index in [-0.39, 0.29) is 6.04 Å². The first-order valence-corrected chi connectivity index (χ1v) is 8.84. The largest absolute Gasteiger partial charge is 0.306 e. The molecule has 1 N–H and O–H groups in total. The Hall–Kier alpha value is 0.130. The second-order valence-corrected chi connectivity index (χ2v) is 7.84. The Kier molecular flexibility index (Phi) is 5.90. The van der Waals surface area contributed by atoms with Crippen LogP contribution in [-0.4, -0.2) is 6.54 Å². The molecule has 1 atom stereocenters. The summed E-state index contributed by atoms with van der Waals surface area (Å²) in [5.41, 5.74) is 1.12. The highest BCUT2D eigenvalue weighted by Gasteiger charge is 2.19. The van der Waals surface area contributed by atoms with Crippen LogP contribution in [0, 0.1) is 0 Å². The van der Waals surface area contributed by atoms with Gasteiger partial charge in [0.25, 0.3) is 0 Å². The Labute approximate surface area is 139 Å². The normalized spacial score (nSPS) is 12.6. The lowest BCUT2D eigenvalue weighted by molar-refractivity contribution is 0.606. The van der Waals surface area contributed by atoms with Crippen molar-refractivity contribution < 1.29 is 0 Å². The molecular weight excluding hydrogens is 409 g/mol. The van der Waals surface area contributed by atoms with Crippen molar-refractivity contribution in [1.29, 1.82) is 0 Å². The molecule has 1 heterocycles. The van der Waals surface area contributed by atoms with E-state index in [0.29, 0.717) is 0 Å². The van der Waals surface area contributed by atoms with E-state index in [0.717, 1.165) is 31.8 Å². The van der Waals surface area contributed by atoms with Crippen LogP contribution in [-0.2, 0) is 0 Å². The average molecular weight is 424 g/mol. The molecule has 1 aromatic heterocycles. The van der Waals surface area contributed by atoms with Crippen molar-refractivity contribution in [3.63, 3.8) is 0 Å². The summed E-state index contributed by atoms with van der Waals surface area (Å²) in [6, 6.07) is 10.3. The SMILES string of the molecule is CCCNC(c1cc(Br)c(Br)s1)c1ccccc1Cl. The lowest BCUT2D eigenvalue weighted by Gasteiger charge is -2.18. The number of benzene rings is 1. The van der Waals surface area contributed by atoms with Crippen molar-refractivity contribution in [3.05, 3.63) is 54.1 Å². The van der Waals surface area contributed by atoms with E-state index in [9.17, 15) is 0 Å². The Morgan fingerprint density at radius 2 is 2.05 bits per heavy atom. The zero-order chi connectivity index (χ0) is 13.8. The average Bonchev–Trinajstić information content (AvgIpc) is 2.72. The van der Waals surface area contributed by atoms with Gasteiger partial charge in [-0.25, -0.2) is 0 Å². The first kappa shape index (κ1) is 15.5. The summed E-state index contributed by atoms with van der Waals surface area (Å²) >= 11 is 15.2. The van der Waals surface area contributed by atoms with Gasteiger partial charge < -0.3 is 5.32 Å². The van der Waals surface area contributed by atoms with Crippen LogP contribution in [0.4, 0.5) is 0 Å². The van der Waals surface area contributed by atoms with Gasteiger partial charge in [0, 0.05) is 14.4 Å². The number of rotatable bonds is 5. The molecular formula is C14H14Br2ClNS. The van der Waals surface area contributed by atoms with Crippen LogP contribution >= 0.6 is 54.8 Å². The zero-order valence-corrected chi connectivity index (χ0v) is 15.2. The second kappa shape index (κ2) is 7.23. The molecule has 0 fully saturated rings. The summed E-state index contributed by atoms with van der Waals surface area (Å²) in [5, 5.41) is 4.37. The predicted octanol–water partition coefficient (Wildman–Crippen LogP) is 6.02. The van der Waals surface area contributed by atoms with Crippen LogP contribution in [0.5, 0.6) is 0 Å². The van der Waals surface area contributed by atoms with Gasteiger partial charge in [0.15, 0.2) is 0 Å². The molecule has 19 heavy (non-hydrogen) atoms. The molecule has 0 aliphatic carbocycles. The highest BCUT2D eigenvalue weighted by molar-refractivity contribution is 9.13. The summed E-state index contributed by atoms with van der Waals surface area (Å²) in [5.74, 6) is 0. The standard InChI is InChI=1S/C14H14Br2ClNS/c1-2-7-18-13(9-5-3-4-6-11(9)17)12-8-10(15)14(16)19-12/h3-6,8,13,18H,2,7H2,1H3. The smallest absolute Gasteiger partial charge is 0.0843 e. The van der Waals surface area contributed by atoms with E-state index in [4.69, 9.17) is 11.6 Å². The lowest BCUT2D eigenvalue weighted by atomic mass is 10.1.